The summed E-state index contributed by atoms with van der Waals surface area (Å²) in [6.07, 6.45) is 2.64. The van der Waals surface area contributed by atoms with Gasteiger partial charge >= 0.3 is 0 Å². The topological polar surface area (TPSA) is 35.5 Å². The normalized spacial score (nSPS) is 19.9. The van der Waals surface area contributed by atoms with E-state index in [2.05, 4.69) is 0 Å². The number of hydrogen-bond donors (Lipinski definition) is 0. The molecular weight excluding hydrogens is 244 g/mol. The highest BCUT2D eigenvalue weighted by Crippen LogP contribution is 2.44. The molecule has 0 spiro atoms. The van der Waals surface area contributed by atoms with E-state index in [1.165, 1.54) is 6.42 Å². The van der Waals surface area contributed by atoms with Crippen molar-refractivity contribution in [2.75, 3.05) is 24.7 Å². The molecule has 1 aliphatic heterocycles. The standard InChI is InChI=1S/C11H20O3S2/c1-3-13-10(14-4-2)8-11(9-12)15-6-5-7-16-11/h9-10H,3-8H2,1-2H3. The number of carbonyl (C=O) groups excluding carboxylic acids is 1. The summed E-state index contributed by atoms with van der Waals surface area (Å²) in [7, 11) is 0. The lowest BCUT2D eigenvalue weighted by molar-refractivity contribution is -0.142. The molecule has 0 bridgehead atoms. The average Bonchev–Trinajstić information content (AvgIpc) is 2.31. The van der Waals surface area contributed by atoms with Crippen LogP contribution in [-0.2, 0) is 14.3 Å². The Hall–Kier alpha value is 0.290. The number of ether oxygens (including phenoxy) is 2. The summed E-state index contributed by atoms with van der Waals surface area (Å²) in [4.78, 5) is 11.3. The predicted molar refractivity (Wildman–Crippen MR) is 70.0 cm³/mol. The molecule has 0 atom stereocenters. The molecule has 0 aromatic carbocycles. The first-order valence-corrected chi connectivity index (χ1v) is 7.71. The monoisotopic (exact) mass is 264 g/mol. The molecule has 1 aliphatic rings. The van der Waals surface area contributed by atoms with Gasteiger partial charge in [-0.1, -0.05) is 0 Å². The average molecular weight is 264 g/mol. The van der Waals surface area contributed by atoms with Crippen LogP contribution in [-0.4, -0.2) is 41.4 Å². The zero-order valence-corrected chi connectivity index (χ0v) is 11.6. The molecule has 0 aromatic heterocycles. The minimum atomic E-state index is -0.354. The van der Waals surface area contributed by atoms with Gasteiger partial charge in [-0.2, -0.15) is 0 Å². The highest BCUT2D eigenvalue weighted by Gasteiger charge is 2.36. The van der Waals surface area contributed by atoms with Gasteiger partial charge in [-0.25, -0.2) is 0 Å². The van der Waals surface area contributed by atoms with Crippen molar-refractivity contribution in [2.24, 2.45) is 0 Å². The molecule has 16 heavy (non-hydrogen) atoms. The minimum Gasteiger partial charge on any atom is -0.353 e. The van der Waals surface area contributed by atoms with Gasteiger partial charge in [0.2, 0.25) is 0 Å². The third-order valence-corrected chi connectivity index (χ3v) is 5.51. The third-order valence-electron chi connectivity index (χ3n) is 2.32. The molecule has 0 N–H and O–H groups in total. The van der Waals surface area contributed by atoms with E-state index in [-0.39, 0.29) is 10.4 Å². The molecule has 0 saturated carbocycles. The van der Waals surface area contributed by atoms with Crippen LogP contribution in [0.4, 0.5) is 0 Å². The number of thioether (sulfide) groups is 2. The lowest BCUT2D eigenvalue weighted by Crippen LogP contribution is -2.34. The zero-order valence-electron chi connectivity index (χ0n) is 9.94. The zero-order chi connectivity index (χ0) is 11.9. The largest absolute Gasteiger partial charge is 0.353 e. The second-order valence-corrected chi connectivity index (χ2v) is 6.63. The Kier molecular flexibility index (Phi) is 6.80. The number of aldehydes is 1. The lowest BCUT2D eigenvalue weighted by Gasteiger charge is -2.33. The Morgan fingerprint density at radius 2 is 1.81 bits per heavy atom. The number of hydrogen-bond acceptors (Lipinski definition) is 5. The maximum absolute atomic E-state index is 11.3. The first kappa shape index (κ1) is 14.4. The molecule has 0 radical (unpaired) electrons. The number of rotatable bonds is 7. The molecular formula is C11H20O3S2. The van der Waals surface area contributed by atoms with Gasteiger partial charge in [-0.05, 0) is 31.8 Å². The van der Waals surface area contributed by atoms with Gasteiger partial charge in [0.05, 0.1) is 0 Å². The van der Waals surface area contributed by atoms with Gasteiger partial charge in [0.15, 0.2) is 6.29 Å². The molecule has 94 valence electrons. The van der Waals surface area contributed by atoms with E-state index in [0.717, 1.165) is 17.8 Å². The number of carbonyl (C=O) groups is 1. The second kappa shape index (κ2) is 7.58. The van der Waals surface area contributed by atoms with Crippen molar-refractivity contribution in [3.63, 3.8) is 0 Å². The summed E-state index contributed by atoms with van der Waals surface area (Å²) < 4.78 is 10.7. The van der Waals surface area contributed by atoms with Crippen molar-refractivity contribution in [3.8, 4) is 0 Å². The molecule has 1 saturated heterocycles. The Morgan fingerprint density at radius 3 is 2.25 bits per heavy atom. The maximum Gasteiger partial charge on any atom is 0.160 e. The van der Waals surface area contributed by atoms with Crippen LogP contribution in [0.25, 0.3) is 0 Å². The maximum atomic E-state index is 11.3. The molecule has 1 rings (SSSR count). The van der Waals surface area contributed by atoms with E-state index >= 15 is 0 Å². The lowest BCUT2D eigenvalue weighted by atomic mass is 10.3. The fraction of sp³-hybridized carbons (Fsp3) is 0.909. The minimum absolute atomic E-state index is 0.252. The van der Waals surface area contributed by atoms with E-state index in [9.17, 15) is 4.79 Å². The van der Waals surface area contributed by atoms with E-state index < -0.39 is 0 Å². The van der Waals surface area contributed by atoms with E-state index in [0.29, 0.717) is 19.6 Å². The molecule has 3 nitrogen and oxygen atoms in total. The van der Waals surface area contributed by atoms with Crippen LogP contribution in [0.3, 0.4) is 0 Å². The van der Waals surface area contributed by atoms with Crippen LogP contribution < -0.4 is 0 Å². The molecule has 1 heterocycles. The van der Waals surface area contributed by atoms with Crippen LogP contribution in [0.5, 0.6) is 0 Å². The Labute approximate surface area is 106 Å². The van der Waals surface area contributed by atoms with Crippen LogP contribution in [0, 0.1) is 0 Å². The Morgan fingerprint density at radius 1 is 1.25 bits per heavy atom. The van der Waals surface area contributed by atoms with Crippen molar-refractivity contribution < 1.29 is 14.3 Å². The summed E-state index contributed by atoms with van der Waals surface area (Å²) in [6, 6.07) is 0. The molecule has 0 aliphatic carbocycles. The Bertz CT molecular complexity index is 199. The first-order chi connectivity index (χ1) is 7.76. The highest BCUT2D eigenvalue weighted by molar-refractivity contribution is 8.19. The van der Waals surface area contributed by atoms with Crippen molar-refractivity contribution >= 4 is 29.8 Å². The summed E-state index contributed by atoms with van der Waals surface area (Å²) >= 11 is 3.45. The van der Waals surface area contributed by atoms with E-state index in [1.54, 1.807) is 23.5 Å². The van der Waals surface area contributed by atoms with Crippen LogP contribution in [0.1, 0.15) is 26.7 Å². The summed E-state index contributed by atoms with van der Waals surface area (Å²) in [6.45, 7) is 5.13. The summed E-state index contributed by atoms with van der Waals surface area (Å²) in [5.74, 6) is 2.10. The van der Waals surface area contributed by atoms with Gasteiger partial charge in [0, 0.05) is 19.6 Å². The fourth-order valence-corrected chi connectivity index (χ4v) is 4.52. The molecule has 5 heteroatoms. The quantitative estimate of drug-likeness (QED) is 0.521. The highest BCUT2D eigenvalue weighted by atomic mass is 32.2. The van der Waals surface area contributed by atoms with E-state index in [1.807, 2.05) is 13.8 Å². The third kappa shape index (κ3) is 4.28. The van der Waals surface area contributed by atoms with Crippen molar-refractivity contribution in [1.29, 1.82) is 0 Å². The SMILES string of the molecule is CCOC(CC1(C=O)SCCCS1)OCC. The van der Waals surface area contributed by atoms with Crippen LogP contribution in [0.15, 0.2) is 0 Å². The molecule has 0 amide bonds. The summed E-state index contributed by atoms with van der Waals surface area (Å²) in [5.41, 5.74) is 0. The summed E-state index contributed by atoms with van der Waals surface area (Å²) in [5, 5.41) is 0. The van der Waals surface area contributed by atoms with Crippen molar-refractivity contribution in [3.05, 3.63) is 0 Å². The first-order valence-electron chi connectivity index (χ1n) is 5.73. The molecule has 0 aromatic rings. The van der Waals surface area contributed by atoms with Gasteiger partial charge in [-0.15, -0.1) is 23.5 Å². The van der Waals surface area contributed by atoms with Gasteiger partial charge in [0.25, 0.3) is 0 Å². The molecule has 1 fully saturated rings. The second-order valence-electron chi connectivity index (χ2n) is 3.52. The van der Waals surface area contributed by atoms with Gasteiger partial charge in [-0.3, -0.25) is 0 Å². The predicted octanol–water partition coefficient (Wildman–Crippen LogP) is 2.54. The Balaban J connectivity index is 2.53. The van der Waals surface area contributed by atoms with Gasteiger partial charge in [0.1, 0.15) is 10.4 Å². The van der Waals surface area contributed by atoms with E-state index in [4.69, 9.17) is 9.47 Å². The van der Waals surface area contributed by atoms with Crippen LogP contribution in [0.2, 0.25) is 0 Å². The fourth-order valence-electron chi connectivity index (χ4n) is 1.59. The van der Waals surface area contributed by atoms with Crippen molar-refractivity contribution in [2.45, 2.75) is 37.1 Å². The van der Waals surface area contributed by atoms with Crippen molar-refractivity contribution in [1.82, 2.24) is 0 Å². The smallest absolute Gasteiger partial charge is 0.160 e. The van der Waals surface area contributed by atoms with Crippen LogP contribution >= 0.6 is 23.5 Å². The van der Waals surface area contributed by atoms with Gasteiger partial charge < -0.3 is 14.3 Å². The molecule has 0 unspecified atom stereocenters.